The van der Waals surface area contributed by atoms with Crippen LogP contribution in [-0.2, 0) is 4.79 Å². The van der Waals surface area contributed by atoms with E-state index in [0.717, 1.165) is 37.1 Å². The lowest BCUT2D eigenvalue weighted by Crippen LogP contribution is -2.22. The van der Waals surface area contributed by atoms with Gasteiger partial charge in [0.1, 0.15) is 22.9 Å². The zero-order valence-electron chi connectivity index (χ0n) is 19.3. The third-order valence-corrected chi connectivity index (χ3v) is 7.08. The van der Waals surface area contributed by atoms with E-state index in [1.807, 2.05) is 78.9 Å². The fourth-order valence-corrected chi connectivity index (χ4v) is 4.59. The molecule has 180 valence electrons. The van der Waals surface area contributed by atoms with E-state index >= 15 is 0 Å². The van der Waals surface area contributed by atoms with Gasteiger partial charge in [0.2, 0.25) is 0 Å². The molecule has 0 spiro atoms. The van der Waals surface area contributed by atoms with Crippen LogP contribution in [-0.4, -0.2) is 29.5 Å². The Labute approximate surface area is 225 Å². The summed E-state index contributed by atoms with van der Waals surface area (Å²) in [7, 11) is 1.63. The molecule has 0 fully saturated rings. The standard InChI is InChI=1S/C28H21Br2N3O3/c1-35-23-12-6-18(7-13-23)25-16-27(36-33-25)20-14-24(17-2-8-21(29)9-3-17)31-32-28(26(34)15-20)19-4-10-22(30)11-5-19/h2-13,16,20H,14-15H2,1H3/b31-24+,32-28-. The molecule has 1 aliphatic rings. The zero-order valence-corrected chi connectivity index (χ0v) is 22.5. The molecule has 36 heavy (non-hydrogen) atoms. The molecular weight excluding hydrogens is 586 g/mol. The topological polar surface area (TPSA) is 77.0 Å². The number of carbonyl (C=O) groups excluding carboxylic acids is 1. The van der Waals surface area contributed by atoms with Gasteiger partial charge in [-0.1, -0.05) is 61.3 Å². The number of nitrogens with zero attached hydrogens (tertiary/aromatic N) is 3. The molecule has 6 nitrogen and oxygen atoms in total. The Balaban J connectivity index is 1.52. The molecule has 4 aromatic rings. The SMILES string of the molecule is COc1ccc(-c2cc(C3CC(=O)/C(c4ccc(Br)cc4)=N\N=C(\c4ccc(Br)cc4)C3)on2)cc1. The fourth-order valence-electron chi connectivity index (χ4n) is 4.06. The van der Waals surface area contributed by atoms with E-state index in [4.69, 9.17) is 9.26 Å². The van der Waals surface area contributed by atoms with Gasteiger partial charge in [-0.15, -0.1) is 5.10 Å². The highest BCUT2D eigenvalue weighted by Gasteiger charge is 2.28. The second kappa shape index (κ2) is 10.7. The van der Waals surface area contributed by atoms with Crippen molar-refractivity contribution in [2.75, 3.05) is 7.11 Å². The number of methoxy groups -OCH3 is 1. The summed E-state index contributed by atoms with van der Waals surface area (Å²) >= 11 is 6.93. The van der Waals surface area contributed by atoms with Crippen molar-refractivity contribution < 1.29 is 14.1 Å². The maximum Gasteiger partial charge on any atom is 0.184 e. The van der Waals surface area contributed by atoms with Crippen molar-refractivity contribution in [1.82, 2.24) is 5.16 Å². The number of Topliss-reactive ketones (excluding diaryl/α,β-unsaturated/α-hetero) is 1. The van der Waals surface area contributed by atoms with Gasteiger partial charge in [0.05, 0.1) is 12.8 Å². The summed E-state index contributed by atoms with van der Waals surface area (Å²) in [6.07, 6.45) is 0.712. The van der Waals surface area contributed by atoms with Crippen LogP contribution in [0.25, 0.3) is 11.3 Å². The minimum Gasteiger partial charge on any atom is -0.497 e. The maximum atomic E-state index is 13.4. The molecule has 1 atom stereocenters. The molecule has 1 unspecified atom stereocenters. The van der Waals surface area contributed by atoms with Crippen LogP contribution in [0.4, 0.5) is 0 Å². The van der Waals surface area contributed by atoms with E-state index in [1.54, 1.807) is 7.11 Å². The van der Waals surface area contributed by atoms with Crippen molar-refractivity contribution in [2.45, 2.75) is 18.8 Å². The van der Waals surface area contributed by atoms with Crippen LogP contribution in [0.15, 0.2) is 103 Å². The van der Waals surface area contributed by atoms with Gasteiger partial charge < -0.3 is 9.26 Å². The summed E-state index contributed by atoms with van der Waals surface area (Å²) in [5.74, 6) is 1.06. The van der Waals surface area contributed by atoms with E-state index in [2.05, 4.69) is 47.2 Å². The van der Waals surface area contributed by atoms with Gasteiger partial charge in [0, 0.05) is 44.9 Å². The van der Waals surface area contributed by atoms with Crippen LogP contribution in [0.5, 0.6) is 5.75 Å². The molecule has 1 aromatic heterocycles. The first-order valence-corrected chi connectivity index (χ1v) is 12.9. The largest absolute Gasteiger partial charge is 0.497 e. The Morgan fingerprint density at radius 2 is 1.42 bits per heavy atom. The Morgan fingerprint density at radius 1 is 0.806 bits per heavy atom. The first-order chi connectivity index (χ1) is 17.5. The van der Waals surface area contributed by atoms with Crippen LogP contribution in [0.1, 0.15) is 35.6 Å². The molecule has 0 saturated carbocycles. The molecule has 0 radical (unpaired) electrons. The number of halogens is 2. The minimum atomic E-state index is -0.250. The molecule has 3 aromatic carbocycles. The van der Waals surface area contributed by atoms with E-state index in [0.29, 0.717) is 23.6 Å². The average Bonchev–Trinajstić information content (AvgIpc) is 3.38. The van der Waals surface area contributed by atoms with Gasteiger partial charge in [0.25, 0.3) is 0 Å². The summed E-state index contributed by atoms with van der Waals surface area (Å²) in [6.45, 7) is 0. The minimum absolute atomic E-state index is 0.0941. The van der Waals surface area contributed by atoms with E-state index in [-0.39, 0.29) is 18.1 Å². The van der Waals surface area contributed by atoms with Gasteiger partial charge in [-0.2, -0.15) is 5.10 Å². The lowest BCUT2D eigenvalue weighted by Gasteiger charge is -2.18. The lowest BCUT2D eigenvalue weighted by atomic mass is 9.88. The molecule has 8 heteroatoms. The van der Waals surface area contributed by atoms with Crippen LogP contribution < -0.4 is 4.74 Å². The van der Waals surface area contributed by atoms with Crippen molar-refractivity contribution >= 4 is 49.1 Å². The van der Waals surface area contributed by atoms with Crippen LogP contribution >= 0.6 is 31.9 Å². The van der Waals surface area contributed by atoms with Crippen molar-refractivity contribution in [3.05, 3.63) is 105 Å². The fraction of sp³-hybridized carbons (Fsp3) is 0.143. The smallest absolute Gasteiger partial charge is 0.184 e. The quantitative estimate of drug-likeness (QED) is 0.240. The van der Waals surface area contributed by atoms with Crippen molar-refractivity contribution in [2.24, 2.45) is 10.2 Å². The van der Waals surface area contributed by atoms with E-state index < -0.39 is 0 Å². The first-order valence-electron chi connectivity index (χ1n) is 11.3. The third-order valence-electron chi connectivity index (χ3n) is 6.02. The maximum absolute atomic E-state index is 13.4. The monoisotopic (exact) mass is 605 g/mol. The number of carbonyl (C=O) groups is 1. The van der Waals surface area contributed by atoms with Crippen LogP contribution in [0.3, 0.4) is 0 Å². The number of ketones is 1. The van der Waals surface area contributed by atoms with Crippen molar-refractivity contribution in [1.29, 1.82) is 0 Å². The van der Waals surface area contributed by atoms with Gasteiger partial charge in [-0.05, 0) is 54.1 Å². The number of rotatable bonds is 5. The predicted octanol–water partition coefficient (Wildman–Crippen LogP) is 7.22. The zero-order chi connectivity index (χ0) is 25.1. The third kappa shape index (κ3) is 5.39. The van der Waals surface area contributed by atoms with Crippen molar-refractivity contribution in [3.63, 3.8) is 0 Å². The number of benzene rings is 3. The molecule has 0 amide bonds. The summed E-state index contributed by atoms with van der Waals surface area (Å²) in [5, 5.41) is 13.2. The molecule has 5 rings (SSSR count). The summed E-state index contributed by atoms with van der Waals surface area (Å²) < 4.78 is 12.9. The summed E-state index contributed by atoms with van der Waals surface area (Å²) in [6, 6.07) is 24.9. The molecule has 0 bridgehead atoms. The highest BCUT2D eigenvalue weighted by Crippen LogP contribution is 2.32. The lowest BCUT2D eigenvalue weighted by molar-refractivity contribution is -0.113. The van der Waals surface area contributed by atoms with Crippen LogP contribution in [0.2, 0.25) is 0 Å². The first kappa shape index (κ1) is 24.3. The Hall–Kier alpha value is -3.36. The summed E-state index contributed by atoms with van der Waals surface area (Å²) in [4.78, 5) is 13.4. The van der Waals surface area contributed by atoms with E-state index in [9.17, 15) is 4.79 Å². The molecule has 0 saturated heterocycles. The number of hydrogen-bond acceptors (Lipinski definition) is 6. The normalized spacial score (nSPS) is 19.0. The molecule has 0 N–H and O–H groups in total. The second-order valence-electron chi connectivity index (χ2n) is 8.38. The Kier molecular flexibility index (Phi) is 7.25. The average molecular weight is 607 g/mol. The number of ether oxygens (including phenoxy) is 1. The molecule has 0 aliphatic carbocycles. The Bertz CT molecular complexity index is 1440. The Morgan fingerprint density at radius 3 is 2.06 bits per heavy atom. The van der Waals surface area contributed by atoms with Crippen LogP contribution in [0, 0.1) is 0 Å². The molecule has 2 heterocycles. The predicted molar refractivity (Wildman–Crippen MR) is 147 cm³/mol. The van der Waals surface area contributed by atoms with Gasteiger partial charge >= 0.3 is 0 Å². The van der Waals surface area contributed by atoms with Gasteiger partial charge in [0.15, 0.2) is 5.78 Å². The van der Waals surface area contributed by atoms with Gasteiger partial charge in [-0.3, -0.25) is 4.79 Å². The number of aromatic nitrogens is 1. The molecule has 1 aliphatic heterocycles. The van der Waals surface area contributed by atoms with Crippen molar-refractivity contribution in [3.8, 4) is 17.0 Å². The number of hydrogen-bond donors (Lipinski definition) is 0. The van der Waals surface area contributed by atoms with E-state index in [1.165, 1.54) is 0 Å². The highest BCUT2D eigenvalue weighted by molar-refractivity contribution is 9.10. The second-order valence-corrected chi connectivity index (χ2v) is 10.2. The summed E-state index contributed by atoms with van der Waals surface area (Å²) in [5.41, 5.74) is 4.37. The highest BCUT2D eigenvalue weighted by atomic mass is 79.9. The van der Waals surface area contributed by atoms with Gasteiger partial charge in [-0.25, -0.2) is 0 Å². The molecular formula is C28H21Br2N3O3.